The van der Waals surface area contributed by atoms with Crippen molar-refractivity contribution < 1.29 is 4.42 Å². The number of benzene rings is 1. The first-order valence-corrected chi connectivity index (χ1v) is 4.33. The average molecular weight is 176 g/mol. The van der Waals surface area contributed by atoms with Crippen LogP contribution in [0.15, 0.2) is 22.6 Å². The zero-order chi connectivity index (χ0) is 9.42. The van der Waals surface area contributed by atoms with Crippen LogP contribution >= 0.6 is 0 Å². The molecule has 0 aliphatic rings. The normalized spacial score (nSPS) is 11.3. The van der Waals surface area contributed by atoms with Gasteiger partial charge < -0.3 is 10.2 Å². The van der Waals surface area contributed by atoms with Gasteiger partial charge in [0.25, 0.3) is 6.01 Å². The number of aromatic nitrogens is 1. The third kappa shape index (κ3) is 1.26. The largest absolute Gasteiger partial charge is 0.423 e. The highest BCUT2D eigenvalue weighted by atomic mass is 16.4. The first-order valence-electron chi connectivity index (χ1n) is 4.33. The van der Waals surface area contributed by atoms with Gasteiger partial charge in [-0.3, -0.25) is 0 Å². The van der Waals surface area contributed by atoms with Gasteiger partial charge in [0, 0.05) is 0 Å². The monoisotopic (exact) mass is 176 g/mol. The lowest BCUT2D eigenvalue weighted by Crippen LogP contribution is -1.86. The Balaban J connectivity index is 2.75. The van der Waals surface area contributed by atoms with Crippen molar-refractivity contribution in [3.63, 3.8) is 0 Å². The first-order chi connectivity index (χ1) is 6.18. The SMILES string of the molecule is CC(C)c1cccc2nc(N)oc12. The second-order valence-electron chi connectivity index (χ2n) is 3.40. The Bertz CT molecular complexity index is 431. The van der Waals surface area contributed by atoms with E-state index in [9.17, 15) is 0 Å². The van der Waals surface area contributed by atoms with Crippen LogP contribution in [0.1, 0.15) is 25.3 Å². The topological polar surface area (TPSA) is 52.0 Å². The van der Waals surface area contributed by atoms with Crippen molar-refractivity contribution in [3.8, 4) is 0 Å². The molecule has 1 heterocycles. The minimum absolute atomic E-state index is 0.239. The van der Waals surface area contributed by atoms with Crippen molar-refractivity contribution in [2.24, 2.45) is 0 Å². The molecule has 0 aliphatic carbocycles. The molecule has 2 rings (SSSR count). The molecule has 0 saturated heterocycles. The van der Waals surface area contributed by atoms with Gasteiger partial charge in [-0.25, -0.2) is 0 Å². The lowest BCUT2D eigenvalue weighted by atomic mass is 10.0. The van der Waals surface area contributed by atoms with E-state index in [0.29, 0.717) is 5.92 Å². The van der Waals surface area contributed by atoms with Crippen LogP contribution in [0.25, 0.3) is 11.1 Å². The van der Waals surface area contributed by atoms with Gasteiger partial charge in [-0.15, -0.1) is 0 Å². The fourth-order valence-corrected chi connectivity index (χ4v) is 1.44. The molecule has 0 atom stereocenters. The Morgan fingerprint density at radius 2 is 2.15 bits per heavy atom. The minimum atomic E-state index is 0.239. The third-order valence-corrected chi connectivity index (χ3v) is 2.08. The summed E-state index contributed by atoms with van der Waals surface area (Å²) >= 11 is 0. The summed E-state index contributed by atoms with van der Waals surface area (Å²) in [5.41, 5.74) is 8.29. The second kappa shape index (κ2) is 2.76. The molecule has 0 fully saturated rings. The van der Waals surface area contributed by atoms with Gasteiger partial charge >= 0.3 is 0 Å². The molecule has 1 aromatic carbocycles. The number of nitrogens with two attached hydrogens (primary N) is 1. The first kappa shape index (κ1) is 8.10. The van der Waals surface area contributed by atoms with E-state index in [4.69, 9.17) is 10.2 Å². The maximum atomic E-state index is 5.48. The molecule has 13 heavy (non-hydrogen) atoms. The van der Waals surface area contributed by atoms with Gasteiger partial charge in [-0.05, 0) is 17.5 Å². The number of hydrogen-bond acceptors (Lipinski definition) is 3. The van der Waals surface area contributed by atoms with Gasteiger partial charge in [-0.2, -0.15) is 4.98 Å². The molecule has 0 aliphatic heterocycles. The van der Waals surface area contributed by atoms with E-state index in [1.807, 2.05) is 18.2 Å². The van der Waals surface area contributed by atoms with Crippen LogP contribution in [0.4, 0.5) is 6.01 Å². The predicted molar refractivity (Wildman–Crippen MR) is 52.5 cm³/mol. The van der Waals surface area contributed by atoms with Crippen molar-refractivity contribution in [2.45, 2.75) is 19.8 Å². The van der Waals surface area contributed by atoms with Crippen LogP contribution in [0, 0.1) is 0 Å². The van der Waals surface area contributed by atoms with E-state index in [2.05, 4.69) is 18.8 Å². The van der Waals surface area contributed by atoms with E-state index < -0.39 is 0 Å². The van der Waals surface area contributed by atoms with Gasteiger partial charge in [0.1, 0.15) is 5.52 Å². The summed E-state index contributed by atoms with van der Waals surface area (Å²) in [6.45, 7) is 4.24. The Kier molecular flexibility index (Phi) is 1.72. The Morgan fingerprint density at radius 3 is 2.85 bits per heavy atom. The highest BCUT2D eigenvalue weighted by Gasteiger charge is 2.09. The van der Waals surface area contributed by atoms with Crippen LogP contribution in [-0.4, -0.2) is 4.98 Å². The fourth-order valence-electron chi connectivity index (χ4n) is 1.44. The number of anilines is 1. The van der Waals surface area contributed by atoms with Crippen molar-refractivity contribution in [2.75, 3.05) is 5.73 Å². The van der Waals surface area contributed by atoms with Gasteiger partial charge in [0.15, 0.2) is 5.58 Å². The summed E-state index contributed by atoms with van der Waals surface area (Å²) in [5, 5.41) is 0. The lowest BCUT2D eigenvalue weighted by molar-refractivity contribution is 0.618. The molecule has 68 valence electrons. The van der Waals surface area contributed by atoms with Gasteiger partial charge in [0.05, 0.1) is 0 Å². The molecule has 2 aromatic rings. The molecule has 0 bridgehead atoms. The van der Waals surface area contributed by atoms with Crippen LogP contribution in [0.5, 0.6) is 0 Å². The van der Waals surface area contributed by atoms with E-state index in [-0.39, 0.29) is 6.01 Å². The van der Waals surface area contributed by atoms with Crippen LogP contribution in [0.2, 0.25) is 0 Å². The molecule has 2 N–H and O–H groups in total. The van der Waals surface area contributed by atoms with Gasteiger partial charge in [-0.1, -0.05) is 26.0 Å². The number of para-hydroxylation sites is 1. The number of rotatable bonds is 1. The summed E-state index contributed by atoms with van der Waals surface area (Å²) in [5.74, 6) is 0.427. The summed E-state index contributed by atoms with van der Waals surface area (Å²) < 4.78 is 5.33. The molecule has 3 nitrogen and oxygen atoms in total. The standard InChI is InChI=1S/C10H12N2O/c1-6(2)7-4-3-5-8-9(7)13-10(11)12-8/h3-6H,1-2H3,(H2,11,12). The maximum absolute atomic E-state index is 5.48. The number of oxazole rings is 1. The summed E-state index contributed by atoms with van der Waals surface area (Å²) in [6, 6.07) is 6.15. The van der Waals surface area contributed by atoms with Crippen LogP contribution in [0.3, 0.4) is 0 Å². The highest BCUT2D eigenvalue weighted by molar-refractivity contribution is 5.78. The smallest absolute Gasteiger partial charge is 0.292 e. The summed E-state index contributed by atoms with van der Waals surface area (Å²) in [4.78, 5) is 4.07. The molecule has 0 amide bonds. The van der Waals surface area contributed by atoms with Crippen molar-refractivity contribution in [3.05, 3.63) is 23.8 Å². The quantitative estimate of drug-likeness (QED) is 0.726. The van der Waals surface area contributed by atoms with Crippen molar-refractivity contribution >= 4 is 17.1 Å². The number of hydrogen-bond donors (Lipinski definition) is 1. The molecular formula is C10H12N2O. The maximum Gasteiger partial charge on any atom is 0.292 e. The summed E-state index contributed by atoms with van der Waals surface area (Å²) in [7, 11) is 0. The molecule has 0 spiro atoms. The van der Waals surface area contributed by atoms with Gasteiger partial charge in [0.2, 0.25) is 0 Å². The second-order valence-corrected chi connectivity index (χ2v) is 3.40. The zero-order valence-electron chi connectivity index (χ0n) is 7.74. The number of nitrogens with zero attached hydrogens (tertiary/aromatic N) is 1. The number of fused-ring (bicyclic) bond motifs is 1. The molecule has 0 radical (unpaired) electrons. The molecular weight excluding hydrogens is 164 g/mol. The van der Waals surface area contributed by atoms with Crippen molar-refractivity contribution in [1.82, 2.24) is 4.98 Å². The Labute approximate surface area is 76.6 Å². The van der Waals surface area contributed by atoms with E-state index in [1.165, 1.54) is 0 Å². The average Bonchev–Trinajstić information content (AvgIpc) is 2.43. The molecule has 0 saturated carbocycles. The van der Waals surface area contributed by atoms with Crippen LogP contribution in [-0.2, 0) is 0 Å². The Hall–Kier alpha value is -1.51. The fraction of sp³-hybridized carbons (Fsp3) is 0.300. The lowest BCUT2D eigenvalue weighted by Gasteiger charge is -2.03. The Morgan fingerprint density at radius 1 is 1.38 bits per heavy atom. The van der Waals surface area contributed by atoms with E-state index >= 15 is 0 Å². The zero-order valence-corrected chi connectivity index (χ0v) is 7.74. The third-order valence-electron chi connectivity index (χ3n) is 2.08. The molecule has 1 aromatic heterocycles. The molecule has 3 heteroatoms. The van der Waals surface area contributed by atoms with Crippen LogP contribution < -0.4 is 5.73 Å². The highest BCUT2D eigenvalue weighted by Crippen LogP contribution is 2.26. The predicted octanol–water partition coefficient (Wildman–Crippen LogP) is 2.53. The minimum Gasteiger partial charge on any atom is -0.423 e. The number of nitrogen functional groups attached to an aromatic ring is 1. The van der Waals surface area contributed by atoms with Crippen molar-refractivity contribution in [1.29, 1.82) is 0 Å². The molecule has 0 unspecified atom stereocenters. The van der Waals surface area contributed by atoms with E-state index in [0.717, 1.165) is 16.7 Å². The van der Waals surface area contributed by atoms with E-state index in [1.54, 1.807) is 0 Å². The summed E-state index contributed by atoms with van der Waals surface area (Å²) in [6.07, 6.45) is 0.